The molecular formula is C29H35NO6S. The average molecular weight is 526 g/mol. The lowest BCUT2D eigenvalue weighted by Gasteiger charge is -2.22. The van der Waals surface area contributed by atoms with Crippen LogP contribution in [0, 0.1) is 6.92 Å². The van der Waals surface area contributed by atoms with Crippen LogP contribution in [-0.2, 0) is 28.9 Å². The number of nitrogens with zero attached hydrogens (tertiary/aromatic N) is 1. The molecule has 0 saturated heterocycles. The van der Waals surface area contributed by atoms with Crippen molar-refractivity contribution in [2.24, 2.45) is 0 Å². The van der Waals surface area contributed by atoms with Crippen molar-refractivity contribution < 1.29 is 28.1 Å². The zero-order valence-electron chi connectivity index (χ0n) is 21.4. The van der Waals surface area contributed by atoms with Crippen molar-refractivity contribution in [2.45, 2.75) is 51.9 Å². The Kier molecular flexibility index (Phi) is 11.0. The van der Waals surface area contributed by atoms with Crippen LogP contribution in [0.3, 0.4) is 0 Å². The smallest absolute Gasteiger partial charge is 0.303 e. The number of hydrogen-bond acceptors (Lipinski definition) is 4. The molecule has 1 unspecified atom stereocenters. The number of aliphatic carboxylic acids is 1. The van der Waals surface area contributed by atoms with Gasteiger partial charge in [0.1, 0.15) is 11.5 Å². The van der Waals surface area contributed by atoms with Crippen LogP contribution >= 0.6 is 0 Å². The fourth-order valence-corrected chi connectivity index (χ4v) is 4.63. The number of unbranched alkanes of at least 4 members (excludes halogenated alkanes) is 3. The predicted octanol–water partition coefficient (Wildman–Crippen LogP) is 6.48. The van der Waals surface area contributed by atoms with E-state index in [-0.39, 0.29) is 12.8 Å². The van der Waals surface area contributed by atoms with Crippen molar-refractivity contribution in [3.63, 3.8) is 0 Å². The minimum Gasteiger partial charge on any atom is -0.497 e. The van der Waals surface area contributed by atoms with Crippen molar-refractivity contribution >= 4 is 28.6 Å². The van der Waals surface area contributed by atoms with Crippen LogP contribution in [0.2, 0.25) is 0 Å². The topological polar surface area (TPSA) is 96.3 Å². The van der Waals surface area contributed by atoms with Gasteiger partial charge in [0.15, 0.2) is 0 Å². The van der Waals surface area contributed by atoms with Gasteiger partial charge in [-0.3, -0.25) is 9.35 Å². The third-order valence-corrected chi connectivity index (χ3v) is 6.82. The third kappa shape index (κ3) is 8.91. The first kappa shape index (κ1) is 28.2. The first-order valence-corrected chi connectivity index (χ1v) is 13.5. The molecule has 3 aromatic rings. The third-order valence-electron chi connectivity index (χ3n) is 6.09. The summed E-state index contributed by atoms with van der Waals surface area (Å²) in [6, 6.07) is 20.7. The maximum absolute atomic E-state index is 12.2. The van der Waals surface area contributed by atoms with E-state index in [0.717, 1.165) is 43.4 Å². The van der Waals surface area contributed by atoms with Gasteiger partial charge in [-0.2, -0.15) is 0 Å². The lowest BCUT2D eigenvalue weighted by atomic mass is 10.1. The molecule has 3 rings (SSSR count). The molecule has 0 bridgehead atoms. The molecule has 0 radical (unpaired) electrons. The second-order valence-corrected chi connectivity index (χ2v) is 9.73. The molecule has 1 atom stereocenters. The zero-order valence-corrected chi connectivity index (χ0v) is 22.2. The minimum atomic E-state index is -2.30. The van der Waals surface area contributed by atoms with Crippen LogP contribution in [0.1, 0.15) is 48.8 Å². The lowest BCUT2D eigenvalue weighted by Crippen LogP contribution is -2.19. The second-order valence-electron chi connectivity index (χ2n) is 8.91. The van der Waals surface area contributed by atoms with Crippen molar-refractivity contribution in [3.8, 4) is 11.5 Å². The molecule has 2 N–H and O–H groups in total. The number of benzene rings is 3. The highest BCUT2D eigenvalue weighted by molar-refractivity contribution is 7.81. The Morgan fingerprint density at radius 2 is 1.57 bits per heavy atom. The van der Waals surface area contributed by atoms with E-state index in [4.69, 9.17) is 9.47 Å². The molecule has 0 aliphatic carbocycles. The fraction of sp³-hybridized carbons (Fsp3) is 0.345. The number of carboxylic acids is 1. The number of hydrogen-bond donors (Lipinski definition) is 2. The van der Waals surface area contributed by atoms with E-state index >= 15 is 0 Å². The van der Waals surface area contributed by atoms with E-state index in [1.54, 1.807) is 37.4 Å². The molecule has 37 heavy (non-hydrogen) atoms. The van der Waals surface area contributed by atoms with E-state index in [1.165, 1.54) is 9.87 Å². The number of methoxy groups -OCH3 is 1. The number of aryl methyl sites for hydroxylation is 3. The van der Waals surface area contributed by atoms with Gasteiger partial charge in [0.05, 0.1) is 25.1 Å². The molecule has 0 saturated carbocycles. The summed E-state index contributed by atoms with van der Waals surface area (Å²) < 4.78 is 34.7. The van der Waals surface area contributed by atoms with E-state index < -0.39 is 17.2 Å². The highest BCUT2D eigenvalue weighted by Gasteiger charge is 2.18. The van der Waals surface area contributed by atoms with Crippen molar-refractivity contribution in [1.82, 2.24) is 0 Å². The van der Waals surface area contributed by atoms with Gasteiger partial charge in [0.25, 0.3) is 11.3 Å². The maximum Gasteiger partial charge on any atom is 0.303 e. The highest BCUT2D eigenvalue weighted by Crippen LogP contribution is 2.32. The summed E-state index contributed by atoms with van der Waals surface area (Å²) in [5, 5.41) is 9.20. The van der Waals surface area contributed by atoms with Gasteiger partial charge >= 0.3 is 5.97 Å². The van der Waals surface area contributed by atoms with Gasteiger partial charge in [0.2, 0.25) is 0 Å². The normalized spacial score (nSPS) is 11.6. The van der Waals surface area contributed by atoms with Crippen LogP contribution in [0.15, 0.2) is 66.7 Å². The molecule has 7 nitrogen and oxygen atoms in total. The molecule has 0 aliphatic rings. The quantitative estimate of drug-likeness (QED) is 0.174. The Balaban J connectivity index is 1.57. The van der Waals surface area contributed by atoms with Crippen LogP contribution < -0.4 is 13.8 Å². The summed E-state index contributed by atoms with van der Waals surface area (Å²) in [6.45, 7) is 2.47. The SMILES string of the molecule is COc1ccc(CCCCCCOc2ccc(N(c3ccc(C)cc3)S(=O)O)cc2CCC(=O)O)cc1. The largest absolute Gasteiger partial charge is 0.497 e. The van der Waals surface area contributed by atoms with Gasteiger partial charge < -0.3 is 14.6 Å². The van der Waals surface area contributed by atoms with Gasteiger partial charge in [-0.15, -0.1) is 0 Å². The summed E-state index contributed by atoms with van der Waals surface area (Å²) in [6.07, 6.45) is 5.34. The summed E-state index contributed by atoms with van der Waals surface area (Å²) in [7, 11) is 1.66. The van der Waals surface area contributed by atoms with Crippen molar-refractivity contribution in [3.05, 3.63) is 83.4 Å². The summed E-state index contributed by atoms with van der Waals surface area (Å²) >= 11 is -2.30. The molecule has 198 valence electrons. The summed E-state index contributed by atoms with van der Waals surface area (Å²) in [4.78, 5) is 11.2. The number of ether oxygens (including phenoxy) is 2. The average Bonchev–Trinajstić information content (AvgIpc) is 2.89. The molecule has 3 aromatic carbocycles. The Labute approximate surface area is 221 Å². The van der Waals surface area contributed by atoms with E-state index in [0.29, 0.717) is 29.3 Å². The van der Waals surface area contributed by atoms with Crippen LogP contribution in [0.25, 0.3) is 0 Å². The van der Waals surface area contributed by atoms with Crippen LogP contribution in [0.4, 0.5) is 11.4 Å². The Bertz CT molecular complexity index is 1160. The Morgan fingerprint density at radius 3 is 2.22 bits per heavy atom. The number of carbonyl (C=O) groups is 1. The highest BCUT2D eigenvalue weighted by atomic mass is 32.2. The standard InChI is InChI=1S/C29H35NO6S/c1-22-8-13-25(14-9-22)30(37(33)34)26-15-18-28(24(21-26)12-19-29(31)32)36-20-6-4-3-5-7-23-10-16-27(35-2)17-11-23/h8-11,13-18,21H,3-7,12,19-20H2,1-2H3,(H,31,32)(H,33,34). The number of anilines is 2. The van der Waals surface area contributed by atoms with Crippen LogP contribution in [0.5, 0.6) is 11.5 Å². The van der Waals surface area contributed by atoms with Gasteiger partial charge in [-0.05, 0) is 86.2 Å². The predicted molar refractivity (Wildman–Crippen MR) is 147 cm³/mol. The molecule has 0 heterocycles. The molecular weight excluding hydrogens is 490 g/mol. The Morgan fingerprint density at radius 1 is 0.892 bits per heavy atom. The molecule has 0 spiro atoms. The summed E-state index contributed by atoms with van der Waals surface area (Å²) in [5.41, 5.74) is 4.10. The van der Waals surface area contributed by atoms with Crippen molar-refractivity contribution in [1.29, 1.82) is 0 Å². The molecule has 0 aromatic heterocycles. The van der Waals surface area contributed by atoms with Gasteiger partial charge in [-0.25, -0.2) is 8.51 Å². The summed E-state index contributed by atoms with van der Waals surface area (Å²) in [5.74, 6) is 0.564. The molecule has 0 amide bonds. The van der Waals surface area contributed by atoms with Crippen LogP contribution in [-0.4, -0.2) is 33.6 Å². The second kappa shape index (κ2) is 14.4. The first-order chi connectivity index (χ1) is 17.9. The van der Waals surface area contributed by atoms with Gasteiger partial charge in [-0.1, -0.05) is 42.7 Å². The lowest BCUT2D eigenvalue weighted by molar-refractivity contribution is -0.136. The monoisotopic (exact) mass is 525 g/mol. The van der Waals surface area contributed by atoms with Gasteiger partial charge in [0, 0.05) is 6.42 Å². The van der Waals surface area contributed by atoms with E-state index in [1.807, 2.05) is 31.2 Å². The fourth-order valence-electron chi connectivity index (χ4n) is 4.04. The van der Waals surface area contributed by atoms with E-state index in [9.17, 15) is 18.7 Å². The minimum absolute atomic E-state index is 0.0576. The number of rotatable bonds is 15. The molecule has 8 heteroatoms. The molecule has 0 aliphatic heterocycles. The number of carboxylic acid groups (broad SMARTS) is 1. The van der Waals surface area contributed by atoms with E-state index in [2.05, 4.69) is 12.1 Å². The first-order valence-electron chi connectivity index (χ1n) is 12.5. The molecule has 0 fully saturated rings. The van der Waals surface area contributed by atoms with Crippen molar-refractivity contribution in [2.75, 3.05) is 18.0 Å². The maximum atomic E-state index is 12.2. The Hall–Kier alpha value is -3.36. The zero-order chi connectivity index (χ0) is 26.6.